The average molecular weight is 324 g/mol. The van der Waals surface area contributed by atoms with Gasteiger partial charge in [0.25, 0.3) is 0 Å². The molecule has 1 rings (SSSR count). The number of carbonyl (C=O) groups is 1. The lowest BCUT2D eigenvalue weighted by atomic mass is 10.1. The van der Waals surface area contributed by atoms with Crippen molar-refractivity contribution in [2.75, 3.05) is 7.11 Å². The van der Waals surface area contributed by atoms with Gasteiger partial charge in [0.15, 0.2) is 6.10 Å². The number of benzene rings is 1. The number of carbonyl (C=O) groups excluding carboxylic acids is 1. The van der Waals surface area contributed by atoms with E-state index in [2.05, 4.69) is 36.6 Å². The predicted octanol–water partition coefficient (Wildman–Crippen LogP) is 2.42. The molecule has 0 aliphatic rings. The Morgan fingerprint density at radius 1 is 1.43 bits per heavy atom. The van der Waals surface area contributed by atoms with Gasteiger partial charge in [-0.3, -0.25) is 0 Å². The van der Waals surface area contributed by atoms with Crippen molar-refractivity contribution in [3.8, 4) is 0 Å². The molecular weight excluding hydrogens is 316 g/mol. The lowest BCUT2D eigenvalue weighted by Crippen LogP contribution is -2.13. The number of methoxy groups -OCH3 is 1. The summed E-state index contributed by atoms with van der Waals surface area (Å²) in [6.07, 6.45) is -1.23. The predicted molar refractivity (Wildman–Crippen MR) is 58.8 cm³/mol. The summed E-state index contributed by atoms with van der Waals surface area (Å²) in [5.74, 6) is -0.667. The average Bonchev–Trinajstić information content (AvgIpc) is 2.20. The van der Waals surface area contributed by atoms with Crippen LogP contribution in [0.2, 0.25) is 0 Å². The molecule has 0 radical (unpaired) electrons. The fraction of sp³-hybridized carbons (Fsp3) is 0.222. The molecule has 1 unspecified atom stereocenters. The molecule has 0 fully saturated rings. The molecule has 0 saturated carbocycles. The van der Waals surface area contributed by atoms with Crippen LogP contribution < -0.4 is 0 Å². The normalized spacial score (nSPS) is 12.3. The zero-order valence-corrected chi connectivity index (χ0v) is 10.5. The van der Waals surface area contributed by atoms with Crippen LogP contribution in [0.15, 0.2) is 27.1 Å². The first kappa shape index (κ1) is 11.7. The first-order valence-corrected chi connectivity index (χ1v) is 5.35. The number of esters is 1. The number of hydrogen-bond acceptors (Lipinski definition) is 3. The van der Waals surface area contributed by atoms with Gasteiger partial charge in [0, 0.05) is 8.95 Å². The molecule has 1 aromatic rings. The molecule has 3 nitrogen and oxygen atoms in total. The molecule has 1 atom stereocenters. The number of ether oxygens (including phenoxy) is 1. The summed E-state index contributed by atoms with van der Waals surface area (Å²) in [6.45, 7) is 0. The molecule has 0 saturated heterocycles. The minimum atomic E-state index is -1.23. The highest BCUT2D eigenvalue weighted by Gasteiger charge is 2.18. The SMILES string of the molecule is COC(=O)C(O)c1ccc(Br)c(Br)c1. The van der Waals surface area contributed by atoms with Gasteiger partial charge in [-0.2, -0.15) is 0 Å². The highest BCUT2D eigenvalue weighted by atomic mass is 79.9. The van der Waals surface area contributed by atoms with Crippen LogP contribution in [-0.2, 0) is 9.53 Å². The van der Waals surface area contributed by atoms with Crippen LogP contribution in [0.3, 0.4) is 0 Å². The summed E-state index contributed by atoms with van der Waals surface area (Å²) in [6, 6.07) is 5.05. The second kappa shape index (κ2) is 4.91. The summed E-state index contributed by atoms with van der Waals surface area (Å²) < 4.78 is 6.06. The molecule has 76 valence electrons. The second-order valence-electron chi connectivity index (χ2n) is 2.60. The Morgan fingerprint density at radius 3 is 2.57 bits per heavy atom. The van der Waals surface area contributed by atoms with Gasteiger partial charge in [0.1, 0.15) is 0 Å². The van der Waals surface area contributed by atoms with E-state index in [4.69, 9.17) is 0 Å². The Labute approximate surface area is 98.3 Å². The lowest BCUT2D eigenvalue weighted by molar-refractivity contribution is -0.150. The molecule has 0 aliphatic heterocycles. The van der Waals surface area contributed by atoms with Crippen LogP contribution in [0.4, 0.5) is 0 Å². The van der Waals surface area contributed by atoms with Gasteiger partial charge in [-0.1, -0.05) is 6.07 Å². The van der Waals surface area contributed by atoms with Crippen molar-refractivity contribution in [3.05, 3.63) is 32.7 Å². The van der Waals surface area contributed by atoms with Crippen LogP contribution in [0, 0.1) is 0 Å². The largest absolute Gasteiger partial charge is 0.467 e. The van der Waals surface area contributed by atoms with E-state index in [-0.39, 0.29) is 0 Å². The molecule has 0 aromatic heterocycles. The number of hydrogen-bond donors (Lipinski definition) is 1. The van der Waals surface area contributed by atoms with E-state index >= 15 is 0 Å². The molecule has 14 heavy (non-hydrogen) atoms. The maximum Gasteiger partial charge on any atom is 0.339 e. The summed E-state index contributed by atoms with van der Waals surface area (Å²) in [7, 11) is 1.24. The van der Waals surface area contributed by atoms with Crippen molar-refractivity contribution in [2.45, 2.75) is 6.10 Å². The minimum Gasteiger partial charge on any atom is -0.467 e. The first-order chi connectivity index (χ1) is 6.56. The van der Waals surface area contributed by atoms with Crippen molar-refractivity contribution >= 4 is 37.8 Å². The number of halogens is 2. The van der Waals surface area contributed by atoms with E-state index in [1.165, 1.54) is 7.11 Å². The van der Waals surface area contributed by atoms with Crippen molar-refractivity contribution in [2.24, 2.45) is 0 Å². The maximum absolute atomic E-state index is 11.0. The van der Waals surface area contributed by atoms with Crippen molar-refractivity contribution in [3.63, 3.8) is 0 Å². The summed E-state index contributed by atoms with van der Waals surface area (Å²) in [5.41, 5.74) is 0.493. The topological polar surface area (TPSA) is 46.5 Å². The highest BCUT2D eigenvalue weighted by molar-refractivity contribution is 9.13. The van der Waals surface area contributed by atoms with E-state index in [0.717, 1.165) is 8.95 Å². The van der Waals surface area contributed by atoms with E-state index in [1.54, 1.807) is 18.2 Å². The molecule has 5 heteroatoms. The van der Waals surface area contributed by atoms with Crippen LogP contribution in [0.1, 0.15) is 11.7 Å². The molecule has 0 aliphatic carbocycles. The van der Waals surface area contributed by atoms with Gasteiger partial charge in [-0.15, -0.1) is 0 Å². The first-order valence-electron chi connectivity index (χ1n) is 3.77. The molecule has 0 bridgehead atoms. The van der Waals surface area contributed by atoms with Gasteiger partial charge < -0.3 is 9.84 Å². The Balaban J connectivity index is 2.96. The summed E-state index contributed by atoms with van der Waals surface area (Å²) in [5, 5.41) is 9.49. The van der Waals surface area contributed by atoms with Crippen LogP contribution in [0.25, 0.3) is 0 Å². The van der Waals surface area contributed by atoms with E-state index in [0.29, 0.717) is 5.56 Å². The van der Waals surface area contributed by atoms with E-state index in [9.17, 15) is 9.90 Å². The molecule has 1 aromatic carbocycles. The fourth-order valence-electron chi connectivity index (χ4n) is 0.930. The lowest BCUT2D eigenvalue weighted by Gasteiger charge is -2.09. The zero-order chi connectivity index (χ0) is 10.7. The summed E-state index contributed by atoms with van der Waals surface area (Å²) >= 11 is 6.56. The summed E-state index contributed by atoms with van der Waals surface area (Å²) in [4.78, 5) is 11.0. The molecular formula is C9H8Br2O3. The molecule has 0 heterocycles. The highest BCUT2D eigenvalue weighted by Crippen LogP contribution is 2.26. The Bertz CT molecular complexity index is 352. The van der Waals surface area contributed by atoms with Gasteiger partial charge in [-0.25, -0.2) is 4.79 Å². The monoisotopic (exact) mass is 322 g/mol. The molecule has 1 N–H and O–H groups in total. The van der Waals surface area contributed by atoms with Crippen LogP contribution >= 0.6 is 31.9 Å². The third kappa shape index (κ3) is 2.56. The Kier molecular flexibility index (Phi) is 4.10. The van der Waals surface area contributed by atoms with Crippen LogP contribution in [-0.4, -0.2) is 18.2 Å². The number of aliphatic hydroxyl groups excluding tert-OH is 1. The molecule has 0 amide bonds. The van der Waals surface area contributed by atoms with Crippen molar-refractivity contribution < 1.29 is 14.6 Å². The van der Waals surface area contributed by atoms with Crippen LogP contribution in [0.5, 0.6) is 0 Å². The Morgan fingerprint density at radius 2 is 2.07 bits per heavy atom. The quantitative estimate of drug-likeness (QED) is 0.850. The smallest absolute Gasteiger partial charge is 0.339 e. The number of aliphatic hydroxyl groups is 1. The third-order valence-electron chi connectivity index (χ3n) is 1.68. The number of rotatable bonds is 2. The van der Waals surface area contributed by atoms with Gasteiger partial charge in [-0.05, 0) is 49.6 Å². The maximum atomic E-state index is 11.0. The van der Waals surface area contributed by atoms with Gasteiger partial charge in [0.2, 0.25) is 0 Å². The van der Waals surface area contributed by atoms with Crippen molar-refractivity contribution in [1.82, 2.24) is 0 Å². The fourth-order valence-corrected chi connectivity index (χ4v) is 1.57. The minimum absolute atomic E-state index is 0.493. The van der Waals surface area contributed by atoms with E-state index in [1.807, 2.05) is 0 Å². The van der Waals surface area contributed by atoms with Crippen molar-refractivity contribution in [1.29, 1.82) is 0 Å². The molecule has 0 spiro atoms. The Hall–Kier alpha value is -0.390. The third-order valence-corrected chi connectivity index (χ3v) is 3.56. The van der Waals surface area contributed by atoms with E-state index < -0.39 is 12.1 Å². The standard InChI is InChI=1S/C9H8Br2O3/c1-14-9(13)8(12)5-2-3-6(10)7(11)4-5/h2-4,8,12H,1H3. The van der Waals surface area contributed by atoms with Gasteiger partial charge >= 0.3 is 5.97 Å². The second-order valence-corrected chi connectivity index (χ2v) is 4.31. The zero-order valence-electron chi connectivity index (χ0n) is 7.33. The van der Waals surface area contributed by atoms with Gasteiger partial charge in [0.05, 0.1) is 7.11 Å².